The summed E-state index contributed by atoms with van der Waals surface area (Å²) in [4.78, 5) is 21.2. The summed E-state index contributed by atoms with van der Waals surface area (Å²) < 4.78 is 7.81. The maximum Gasteiger partial charge on any atom is 0.259 e. The summed E-state index contributed by atoms with van der Waals surface area (Å²) in [6.07, 6.45) is 7.04. The summed E-state index contributed by atoms with van der Waals surface area (Å²) in [6, 6.07) is 0. The maximum absolute atomic E-state index is 12.7. The zero-order valence-corrected chi connectivity index (χ0v) is 12.8. The molecule has 2 aliphatic heterocycles. The number of fused-ring (bicyclic) bond motifs is 1. The third-order valence-electron chi connectivity index (χ3n) is 4.86. The van der Waals surface area contributed by atoms with Crippen LogP contribution < -0.4 is 0 Å². The van der Waals surface area contributed by atoms with E-state index in [1.54, 1.807) is 16.9 Å². The molecule has 2 aromatic heterocycles. The lowest BCUT2D eigenvalue weighted by Gasteiger charge is -2.46. The molecule has 0 atom stereocenters. The predicted octanol–water partition coefficient (Wildman–Crippen LogP) is 0.599. The Morgan fingerprint density at radius 2 is 2.18 bits per heavy atom. The molecule has 1 amide bonds. The molecule has 7 nitrogen and oxygen atoms in total. The number of carbonyl (C=O) groups excluding carboxylic acids is 1. The molecule has 1 N–H and O–H groups in total. The smallest absolute Gasteiger partial charge is 0.259 e. The average molecular weight is 303 g/mol. The number of nitrogens with one attached hydrogen (secondary N) is 1. The number of ether oxygens (including phenoxy) is 1. The number of nitrogens with zero attached hydrogens (tertiary/aromatic N) is 4. The molecule has 118 valence electrons. The van der Waals surface area contributed by atoms with Crippen molar-refractivity contribution >= 4 is 11.6 Å². The lowest BCUT2D eigenvalue weighted by atomic mass is 9.89. The topological polar surface area (TPSA) is 65.9 Å². The van der Waals surface area contributed by atoms with Gasteiger partial charge in [-0.15, -0.1) is 0 Å². The molecular formula is C15H21N5O2. The summed E-state index contributed by atoms with van der Waals surface area (Å²) in [5.41, 5.74) is 1.27. The second-order valence-corrected chi connectivity index (χ2v) is 6.37. The zero-order valence-electron chi connectivity index (χ0n) is 12.8. The summed E-state index contributed by atoms with van der Waals surface area (Å²) in [5.74, 6) is 0.0523. The molecule has 7 heteroatoms. The van der Waals surface area contributed by atoms with E-state index in [1.165, 1.54) is 0 Å². The number of likely N-dealkylation sites (tertiary alicyclic amines) is 1. The molecule has 0 unspecified atom stereocenters. The molecule has 0 aromatic carbocycles. The third-order valence-corrected chi connectivity index (χ3v) is 4.86. The van der Waals surface area contributed by atoms with Crippen molar-refractivity contribution in [3.63, 3.8) is 0 Å². The van der Waals surface area contributed by atoms with Crippen molar-refractivity contribution < 1.29 is 9.53 Å². The number of carbonyl (C=O) groups is 1. The standard InChI is InChI=1S/C15H21N5O2/c1-18-8-9-22-15(11-18)2-5-19(6-3-15)14(21)12-10-17-20-7-4-16-13(12)20/h4,7,10,17H,2-3,5-6,8-9,11H2,1H3. The van der Waals surface area contributed by atoms with Crippen LogP contribution in [0.25, 0.3) is 5.65 Å². The Morgan fingerprint density at radius 3 is 2.95 bits per heavy atom. The molecule has 2 aliphatic rings. The van der Waals surface area contributed by atoms with Crippen molar-refractivity contribution in [2.75, 3.05) is 39.8 Å². The van der Waals surface area contributed by atoms with E-state index in [4.69, 9.17) is 4.74 Å². The Bertz CT molecular complexity index is 683. The van der Waals surface area contributed by atoms with Gasteiger partial charge in [0.1, 0.15) is 5.56 Å². The summed E-state index contributed by atoms with van der Waals surface area (Å²) in [5, 5.41) is 3.03. The van der Waals surface area contributed by atoms with Crippen molar-refractivity contribution in [3.05, 3.63) is 24.2 Å². The first-order valence-electron chi connectivity index (χ1n) is 7.79. The summed E-state index contributed by atoms with van der Waals surface area (Å²) in [7, 11) is 2.14. The van der Waals surface area contributed by atoms with E-state index in [2.05, 4.69) is 22.0 Å². The van der Waals surface area contributed by atoms with E-state index in [0.29, 0.717) is 11.2 Å². The van der Waals surface area contributed by atoms with Crippen LogP contribution in [0.15, 0.2) is 18.6 Å². The van der Waals surface area contributed by atoms with Gasteiger partial charge >= 0.3 is 0 Å². The van der Waals surface area contributed by atoms with E-state index in [-0.39, 0.29) is 11.5 Å². The van der Waals surface area contributed by atoms with Gasteiger partial charge in [-0.05, 0) is 19.9 Å². The molecule has 22 heavy (non-hydrogen) atoms. The van der Waals surface area contributed by atoms with Crippen LogP contribution in [0.2, 0.25) is 0 Å². The van der Waals surface area contributed by atoms with Gasteiger partial charge in [0.25, 0.3) is 5.91 Å². The number of aromatic nitrogens is 3. The molecule has 2 saturated heterocycles. The molecular weight excluding hydrogens is 282 g/mol. The number of amides is 1. The highest BCUT2D eigenvalue weighted by Crippen LogP contribution is 2.30. The van der Waals surface area contributed by atoms with Crippen LogP contribution in [0.3, 0.4) is 0 Å². The Labute approximate surface area is 128 Å². The highest BCUT2D eigenvalue weighted by atomic mass is 16.5. The fourth-order valence-corrected chi connectivity index (χ4v) is 3.59. The predicted molar refractivity (Wildman–Crippen MR) is 80.9 cm³/mol. The van der Waals surface area contributed by atoms with Gasteiger partial charge in [0.15, 0.2) is 5.65 Å². The number of aromatic amines is 1. The highest BCUT2D eigenvalue weighted by Gasteiger charge is 2.40. The Kier molecular flexibility index (Phi) is 3.19. The number of hydrogen-bond donors (Lipinski definition) is 1. The van der Waals surface area contributed by atoms with Gasteiger partial charge in [0, 0.05) is 44.8 Å². The van der Waals surface area contributed by atoms with Crippen molar-refractivity contribution in [2.45, 2.75) is 18.4 Å². The molecule has 0 radical (unpaired) electrons. The van der Waals surface area contributed by atoms with E-state index in [9.17, 15) is 4.79 Å². The van der Waals surface area contributed by atoms with Crippen molar-refractivity contribution in [1.82, 2.24) is 24.4 Å². The number of imidazole rings is 1. The first-order chi connectivity index (χ1) is 10.7. The molecule has 0 bridgehead atoms. The number of morpholine rings is 1. The molecule has 2 fully saturated rings. The monoisotopic (exact) mass is 303 g/mol. The van der Waals surface area contributed by atoms with Crippen LogP contribution in [0.1, 0.15) is 23.2 Å². The SMILES string of the molecule is CN1CCOC2(CCN(C(=O)c3c[nH]n4ccnc34)CC2)C1. The molecule has 1 spiro atoms. The molecule has 4 rings (SSSR count). The zero-order chi connectivity index (χ0) is 15.2. The van der Waals surface area contributed by atoms with Crippen LogP contribution in [0.5, 0.6) is 0 Å². The van der Waals surface area contributed by atoms with Crippen molar-refractivity contribution in [3.8, 4) is 0 Å². The van der Waals surface area contributed by atoms with Gasteiger partial charge in [-0.25, -0.2) is 9.50 Å². The number of H-pyrrole nitrogens is 1. The lowest BCUT2D eigenvalue weighted by Crippen LogP contribution is -2.56. The first kappa shape index (κ1) is 13.8. The molecule has 4 heterocycles. The van der Waals surface area contributed by atoms with Crippen LogP contribution >= 0.6 is 0 Å². The normalized spacial score (nSPS) is 22.5. The van der Waals surface area contributed by atoms with Crippen molar-refractivity contribution in [2.24, 2.45) is 0 Å². The van der Waals surface area contributed by atoms with Gasteiger partial charge in [0.2, 0.25) is 0 Å². The first-order valence-corrected chi connectivity index (χ1v) is 7.79. The van der Waals surface area contributed by atoms with Crippen LogP contribution in [0.4, 0.5) is 0 Å². The number of rotatable bonds is 1. The number of hydrogen-bond acceptors (Lipinski definition) is 4. The molecule has 2 aromatic rings. The largest absolute Gasteiger partial charge is 0.372 e. The van der Waals surface area contributed by atoms with Crippen LogP contribution in [-0.4, -0.2) is 75.7 Å². The Morgan fingerprint density at radius 1 is 1.36 bits per heavy atom. The maximum atomic E-state index is 12.7. The Hall–Kier alpha value is -1.86. The molecule has 0 saturated carbocycles. The van der Waals surface area contributed by atoms with Gasteiger partial charge in [-0.1, -0.05) is 0 Å². The average Bonchev–Trinajstić information content (AvgIpc) is 3.10. The second kappa shape index (κ2) is 5.10. The summed E-state index contributed by atoms with van der Waals surface area (Å²) in [6.45, 7) is 4.22. The van der Waals surface area contributed by atoms with E-state index in [1.807, 2.05) is 11.1 Å². The Balaban J connectivity index is 1.47. The lowest BCUT2D eigenvalue weighted by molar-refractivity contribution is -0.127. The van der Waals surface area contributed by atoms with Gasteiger partial charge < -0.3 is 14.5 Å². The van der Waals surface area contributed by atoms with E-state index < -0.39 is 0 Å². The number of likely N-dealkylation sites (N-methyl/N-ethyl adjacent to an activating group) is 1. The molecule has 0 aliphatic carbocycles. The summed E-state index contributed by atoms with van der Waals surface area (Å²) >= 11 is 0. The minimum atomic E-state index is -0.0649. The minimum Gasteiger partial charge on any atom is -0.372 e. The quantitative estimate of drug-likeness (QED) is 0.838. The minimum absolute atomic E-state index is 0.0523. The van der Waals surface area contributed by atoms with Crippen LogP contribution in [-0.2, 0) is 4.74 Å². The van der Waals surface area contributed by atoms with Crippen molar-refractivity contribution in [1.29, 1.82) is 0 Å². The number of piperidine rings is 1. The van der Waals surface area contributed by atoms with Gasteiger partial charge in [0.05, 0.1) is 12.2 Å². The van der Waals surface area contributed by atoms with E-state index >= 15 is 0 Å². The fraction of sp³-hybridized carbons (Fsp3) is 0.600. The second-order valence-electron chi connectivity index (χ2n) is 6.37. The fourth-order valence-electron chi connectivity index (χ4n) is 3.59. The third kappa shape index (κ3) is 2.21. The van der Waals surface area contributed by atoms with Gasteiger partial charge in [-0.2, -0.15) is 0 Å². The highest BCUT2D eigenvalue weighted by molar-refractivity contribution is 5.99. The van der Waals surface area contributed by atoms with Crippen LogP contribution in [0, 0.1) is 0 Å². The van der Waals surface area contributed by atoms with E-state index in [0.717, 1.165) is 45.6 Å². The van der Waals surface area contributed by atoms with Gasteiger partial charge in [-0.3, -0.25) is 9.89 Å².